The molecule has 106 valence electrons. The third kappa shape index (κ3) is 3.26. The molecule has 2 rings (SSSR count). The van der Waals surface area contributed by atoms with E-state index in [0.29, 0.717) is 0 Å². The molecule has 0 spiro atoms. The van der Waals surface area contributed by atoms with Gasteiger partial charge in [-0.15, -0.1) is 0 Å². The van der Waals surface area contributed by atoms with Crippen LogP contribution in [0, 0.1) is 13.8 Å². The van der Waals surface area contributed by atoms with Gasteiger partial charge in [0.25, 0.3) is 0 Å². The van der Waals surface area contributed by atoms with Crippen LogP contribution in [0.1, 0.15) is 16.7 Å². The van der Waals surface area contributed by atoms with Crippen molar-refractivity contribution in [1.29, 1.82) is 0 Å². The second kappa shape index (κ2) is 6.19. The minimum atomic E-state index is 0.764. The summed E-state index contributed by atoms with van der Waals surface area (Å²) in [6.07, 6.45) is 0. The Balaban J connectivity index is 2.18. The zero-order valence-corrected chi connectivity index (χ0v) is 13.3. The van der Waals surface area contributed by atoms with Crippen LogP contribution in [0.2, 0.25) is 5.02 Å². The van der Waals surface area contributed by atoms with Crippen LogP contribution in [0.25, 0.3) is 0 Å². The van der Waals surface area contributed by atoms with Crippen molar-refractivity contribution in [2.24, 2.45) is 0 Å². The topological polar surface area (TPSA) is 15.3 Å². The summed E-state index contributed by atoms with van der Waals surface area (Å²) in [5.74, 6) is 0. The van der Waals surface area contributed by atoms with Gasteiger partial charge in [-0.25, -0.2) is 0 Å². The van der Waals surface area contributed by atoms with Crippen molar-refractivity contribution in [3.8, 4) is 0 Å². The molecular formula is C17H21ClN2. The first-order chi connectivity index (χ1) is 9.49. The summed E-state index contributed by atoms with van der Waals surface area (Å²) >= 11 is 6.27. The number of hydrogen-bond acceptors (Lipinski definition) is 2. The zero-order chi connectivity index (χ0) is 14.7. The normalized spacial score (nSPS) is 10.4. The molecule has 20 heavy (non-hydrogen) atoms. The second-order valence-corrected chi connectivity index (χ2v) is 5.71. The molecule has 0 amide bonds. The number of para-hydroxylation sites is 1. The number of aryl methyl sites for hydroxylation is 2. The van der Waals surface area contributed by atoms with E-state index in [0.717, 1.165) is 22.9 Å². The van der Waals surface area contributed by atoms with E-state index >= 15 is 0 Å². The van der Waals surface area contributed by atoms with Crippen LogP contribution in [0.15, 0.2) is 36.4 Å². The van der Waals surface area contributed by atoms with Gasteiger partial charge in [0.15, 0.2) is 0 Å². The highest BCUT2D eigenvalue weighted by atomic mass is 35.5. The van der Waals surface area contributed by atoms with Crippen molar-refractivity contribution in [1.82, 2.24) is 0 Å². The summed E-state index contributed by atoms with van der Waals surface area (Å²) in [5, 5.41) is 4.24. The Morgan fingerprint density at radius 3 is 2.45 bits per heavy atom. The lowest BCUT2D eigenvalue weighted by Crippen LogP contribution is -2.12. The minimum absolute atomic E-state index is 0.764. The summed E-state index contributed by atoms with van der Waals surface area (Å²) in [5.41, 5.74) is 6.00. The molecule has 3 heteroatoms. The Morgan fingerprint density at radius 1 is 1.05 bits per heavy atom. The van der Waals surface area contributed by atoms with E-state index in [1.807, 2.05) is 31.1 Å². The molecule has 0 atom stereocenters. The summed E-state index contributed by atoms with van der Waals surface area (Å²) in [6.45, 7) is 5.07. The quantitative estimate of drug-likeness (QED) is 0.882. The van der Waals surface area contributed by atoms with Gasteiger partial charge in [-0.05, 0) is 42.7 Å². The predicted octanol–water partition coefficient (Wildman–Crippen LogP) is 4.63. The average molecular weight is 289 g/mol. The Kier molecular flexibility index (Phi) is 4.56. The number of rotatable bonds is 4. The van der Waals surface area contributed by atoms with E-state index in [1.165, 1.54) is 16.7 Å². The van der Waals surface area contributed by atoms with E-state index in [1.54, 1.807) is 0 Å². The number of hydrogen-bond donors (Lipinski definition) is 1. The molecule has 0 unspecified atom stereocenters. The predicted molar refractivity (Wildman–Crippen MR) is 89.0 cm³/mol. The Bertz CT molecular complexity index is 606. The first-order valence-electron chi connectivity index (χ1n) is 6.75. The maximum absolute atomic E-state index is 6.27. The van der Waals surface area contributed by atoms with Crippen LogP contribution in [0.5, 0.6) is 0 Å². The summed E-state index contributed by atoms with van der Waals surface area (Å²) in [7, 11) is 4.00. The molecule has 2 aromatic rings. The second-order valence-electron chi connectivity index (χ2n) is 5.30. The SMILES string of the molecule is Cc1ccc(CNc2cccc(Cl)c2N(C)C)cc1C. The molecule has 0 radical (unpaired) electrons. The third-order valence-electron chi connectivity index (χ3n) is 3.49. The van der Waals surface area contributed by atoms with Crippen LogP contribution in [0.4, 0.5) is 11.4 Å². The Labute approximate surface area is 126 Å². The lowest BCUT2D eigenvalue weighted by molar-refractivity contribution is 1.09. The standard InChI is InChI=1S/C17H21ClN2/c1-12-8-9-14(10-13(12)2)11-19-16-7-5-6-15(18)17(16)20(3)4/h5-10,19H,11H2,1-4H3. The van der Waals surface area contributed by atoms with E-state index in [4.69, 9.17) is 11.6 Å². The highest BCUT2D eigenvalue weighted by Gasteiger charge is 2.08. The van der Waals surface area contributed by atoms with Gasteiger partial charge in [0.2, 0.25) is 0 Å². The van der Waals surface area contributed by atoms with Crippen molar-refractivity contribution < 1.29 is 0 Å². The highest BCUT2D eigenvalue weighted by molar-refractivity contribution is 6.34. The molecule has 2 aromatic carbocycles. The fraction of sp³-hybridized carbons (Fsp3) is 0.294. The summed E-state index contributed by atoms with van der Waals surface area (Å²) < 4.78 is 0. The van der Waals surface area contributed by atoms with Crippen LogP contribution in [-0.4, -0.2) is 14.1 Å². The third-order valence-corrected chi connectivity index (χ3v) is 3.79. The number of anilines is 2. The van der Waals surface area contributed by atoms with Crippen molar-refractivity contribution >= 4 is 23.0 Å². The van der Waals surface area contributed by atoms with Crippen molar-refractivity contribution in [3.63, 3.8) is 0 Å². The van der Waals surface area contributed by atoms with Gasteiger partial charge in [-0.3, -0.25) is 0 Å². The first-order valence-corrected chi connectivity index (χ1v) is 7.12. The molecule has 0 aliphatic rings. The van der Waals surface area contributed by atoms with Crippen LogP contribution < -0.4 is 10.2 Å². The van der Waals surface area contributed by atoms with E-state index in [-0.39, 0.29) is 0 Å². The fourth-order valence-electron chi connectivity index (χ4n) is 2.22. The number of nitrogens with one attached hydrogen (secondary N) is 1. The number of benzene rings is 2. The molecule has 0 aromatic heterocycles. The maximum atomic E-state index is 6.27. The van der Waals surface area contributed by atoms with Gasteiger partial charge >= 0.3 is 0 Å². The van der Waals surface area contributed by atoms with Crippen molar-refractivity contribution in [2.45, 2.75) is 20.4 Å². The Morgan fingerprint density at radius 2 is 1.80 bits per heavy atom. The van der Waals surface area contributed by atoms with Gasteiger partial charge in [0.05, 0.1) is 16.4 Å². The molecule has 0 heterocycles. The summed E-state index contributed by atoms with van der Waals surface area (Å²) in [6, 6.07) is 12.5. The van der Waals surface area contributed by atoms with Gasteiger partial charge in [-0.2, -0.15) is 0 Å². The molecule has 0 bridgehead atoms. The first kappa shape index (κ1) is 14.7. The van der Waals surface area contributed by atoms with Crippen LogP contribution >= 0.6 is 11.6 Å². The van der Waals surface area contributed by atoms with Gasteiger partial charge in [0.1, 0.15) is 0 Å². The lowest BCUT2D eigenvalue weighted by atomic mass is 10.1. The smallest absolute Gasteiger partial charge is 0.0786 e. The lowest BCUT2D eigenvalue weighted by Gasteiger charge is -2.20. The molecule has 0 saturated carbocycles. The molecule has 2 nitrogen and oxygen atoms in total. The largest absolute Gasteiger partial charge is 0.379 e. The van der Waals surface area contributed by atoms with Gasteiger partial charge in [-0.1, -0.05) is 35.9 Å². The van der Waals surface area contributed by atoms with Crippen LogP contribution in [0.3, 0.4) is 0 Å². The van der Waals surface area contributed by atoms with Gasteiger partial charge in [0, 0.05) is 20.6 Å². The maximum Gasteiger partial charge on any atom is 0.0786 e. The van der Waals surface area contributed by atoms with Gasteiger partial charge < -0.3 is 10.2 Å². The monoisotopic (exact) mass is 288 g/mol. The molecule has 0 aliphatic heterocycles. The minimum Gasteiger partial charge on any atom is -0.379 e. The summed E-state index contributed by atoms with van der Waals surface area (Å²) in [4.78, 5) is 2.03. The van der Waals surface area contributed by atoms with Crippen LogP contribution in [-0.2, 0) is 6.54 Å². The van der Waals surface area contributed by atoms with E-state index < -0.39 is 0 Å². The average Bonchev–Trinajstić information content (AvgIpc) is 2.39. The zero-order valence-electron chi connectivity index (χ0n) is 12.5. The van der Waals surface area contributed by atoms with Crippen molar-refractivity contribution in [3.05, 3.63) is 58.1 Å². The van der Waals surface area contributed by atoms with Crippen molar-refractivity contribution in [2.75, 3.05) is 24.3 Å². The van der Waals surface area contributed by atoms with E-state index in [9.17, 15) is 0 Å². The number of halogens is 1. The Hall–Kier alpha value is -1.67. The number of nitrogens with zero attached hydrogens (tertiary/aromatic N) is 1. The molecule has 0 saturated heterocycles. The molecule has 1 N–H and O–H groups in total. The highest BCUT2D eigenvalue weighted by Crippen LogP contribution is 2.32. The molecule has 0 fully saturated rings. The molecule has 0 aliphatic carbocycles. The fourth-order valence-corrected chi connectivity index (χ4v) is 2.57. The molecular weight excluding hydrogens is 268 g/mol. The van der Waals surface area contributed by atoms with E-state index in [2.05, 4.69) is 43.4 Å².